The summed E-state index contributed by atoms with van der Waals surface area (Å²) in [5.41, 5.74) is 8.36. The molecule has 17 heavy (non-hydrogen) atoms. The highest BCUT2D eigenvalue weighted by molar-refractivity contribution is 5.90. The summed E-state index contributed by atoms with van der Waals surface area (Å²) < 4.78 is 1.43. The van der Waals surface area contributed by atoms with Crippen molar-refractivity contribution in [1.29, 1.82) is 0 Å². The summed E-state index contributed by atoms with van der Waals surface area (Å²) in [5, 5.41) is 3.98. The van der Waals surface area contributed by atoms with Crippen LogP contribution in [0.15, 0.2) is 18.3 Å². The van der Waals surface area contributed by atoms with E-state index in [-0.39, 0.29) is 11.6 Å². The van der Waals surface area contributed by atoms with E-state index in [9.17, 15) is 4.79 Å². The largest absolute Gasteiger partial charge is 0.364 e. The van der Waals surface area contributed by atoms with E-state index in [2.05, 4.69) is 20.5 Å². The van der Waals surface area contributed by atoms with Gasteiger partial charge in [0, 0.05) is 18.0 Å². The standard InChI is InChI=1S/C9H11N7O/c1-5-4-7(13-9(12-5)14-11)16-3-2-6(15-16)8(10)17/h2-4H,11H2,1H3,(H2,10,17)(H,12,13,14). The fourth-order valence-electron chi connectivity index (χ4n) is 1.32. The molecule has 2 heterocycles. The number of nitrogen functional groups attached to an aromatic ring is 1. The van der Waals surface area contributed by atoms with Crippen LogP contribution in [0.5, 0.6) is 0 Å². The van der Waals surface area contributed by atoms with Crippen LogP contribution in [0.2, 0.25) is 0 Å². The van der Waals surface area contributed by atoms with E-state index >= 15 is 0 Å². The van der Waals surface area contributed by atoms with E-state index < -0.39 is 5.91 Å². The lowest BCUT2D eigenvalue weighted by atomic mass is 10.4. The van der Waals surface area contributed by atoms with Crippen molar-refractivity contribution < 1.29 is 4.79 Å². The molecular weight excluding hydrogens is 222 g/mol. The minimum absolute atomic E-state index is 0.170. The number of rotatable bonds is 3. The number of nitrogens with zero attached hydrogens (tertiary/aromatic N) is 4. The summed E-state index contributed by atoms with van der Waals surface area (Å²) in [4.78, 5) is 19.1. The number of aromatic nitrogens is 4. The molecule has 0 aliphatic heterocycles. The molecule has 88 valence electrons. The van der Waals surface area contributed by atoms with Gasteiger partial charge in [0.25, 0.3) is 5.91 Å². The third-order valence-corrected chi connectivity index (χ3v) is 2.05. The molecule has 1 amide bonds. The number of amides is 1. The first-order chi connectivity index (χ1) is 8.10. The summed E-state index contributed by atoms with van der Waals surface area (Å²) >= 11 is 0. The van der Waals surface area contributed by atoms with Gasteiger partial charge < -0.3 is 5.73 Å². The van der Waals surface area contributed by atoms with Crippen LogP contribution in [0.1, 0.15) is 16.2 Å². The first kappa shape index (κ1) is 11.0. The Bertz CT molecular complexity index is 562. The molecule has 0 atom stereocenters. The van der Waals surface area contributed by atoms with E-state index in [1.54, 1.807) is 19.2 Å². The van der Waals surface area contributed by atoms with Crippen molar-refractivity contribution in [2.24, 2.45) is 11.6 Å². The van der Waals surface area contributed by atoms with Gasteiger partial charge in [0.1, 0.15) is 5.69 Å². The fraction of sp³-hybridized carbons (Fsp3) is 0.111. The van der Waals surface area contributed by atoms with Gasteiger partial charge in [-0.25, -0.2) is 15.5 Å². The van der Waals surface area contributed by atoms with Crippen LogP contribution in [0.3, 0.4) is 0 Å². The molecule has 0 radical (unpaired) electrons. The van der Waals surface area contributed by atoms with Crippen LogP contribution < -0.4 is 17.0 Å². The van der Waals surface area contributed by atoms with E-state index in [1.807, 2.05) is 0 Å². The summed E-state index contributed by atoms with van der Waals surface area (Å²) in [7, 11) is 0. The monoisotopic (exact) mass is 233 g/mol. The van der Waals surface area contributed by atoms with Crippen LogP contribution in [-0.4, -0.2) is 25.7 Å². The quantitative estimate of drug-likeness (QED) is 0.478. The van der Waals surface area contributed by atoms with E-state index in [4.69, 9.17) is 11.6 Å². The molecule has 0 fully saturated rings. The number of nitrogens with one attached hydrogen (secondary N) is 1. The zero-order chi connectivity index (χ0) is 12.4. The van der Waals surface area contributed by atoms with Gasteiger partial charge in [0.2, 0.25) is 5.95 Å². The number of anilines is 1. The molecule has 8 nitrogen and oxygen atoms in total. The average molecular weight is 233 g/mol. The van der Waals surface area contributed by atoms with Gasteiger partial charge in [-0.2, -0.15) is 10.1 Å². The number of nitrogens with two attached hydrogens (primary N) is 2. The smallest absolute Gasteiger partial charge is 0.269 e. The first-order valence-corrected chi connectivity index (χ1v) is 4.78. The number of aryl methyl sites for hydroxylation is 1. The molecule has 0 unspecified atom stereocenters. The second-order valence-corrected chi connectivity index (χ2v) is 3.35. The molecule has 0 bridgehead atoms. The molecule has 2 rings (SSSR count). The second-order valence-electron chi connectivity index (χ2n) is 3.35. The van der Waals surface area contributed by atoms with Crippen LogP contribution in [0.4, 0.5) is 5.95 Å². The number of hydrogen-bond donors (Lipinski definition) is 3. The molecule has 0 saturated heterocycles. The van der Waals surface area contributed by atoms with Crippen LogP contribution >= 0.6 is 0 Å². The Morgan fingerprint density at radius 2 is 2.24 bits per heavy atom. The van der Waals surface area contributed by atoms with Gasteiger partial charge in [-0.05, 0) is 13.0 Å². The summed E-state index contributed by atoms with van der Waals surface area (Å²) in [6, 6.07) is 3.22. The maximum Gasteiger partial charge on any atom is 0.269 e. The van der Waals surface area contributed by atoms with Crippen molar-refractivity contribution in [2.45, 2.75) is 6.92 Å². The fourth-order valence-corrected chi connectivity index (χ4v) is 1.32. The molecular formula is C9H11N7O. The molecule has 2 aromatic rings. The molecule has 0 spiro atoms. The van der Waals surface area contributed by atoms with Gasteiger partial charge in [0.15, 0.2) is 5.82 Å². The Morgan fingerprint density at radius 1 is 1.47 bits per heavy atom. The highest BCUT2D eigenvalue weighted by Crippen LogP contribution is 2.08. The molecule has 0 aliphatic carbocycles. The number of carbonyl (C=O) groups is 1. The number of primary amides is 1. The van der Waals surface area contributed by atoms with Gasteiger partial charge in [-0.1, -0.05) is 0 Å². The topological polar surface area (TPSA) is 125 Å². The Balaban J connectivity index is 2.44. The Morgan fingerprint density at radius 3 is 2.82 bits per heavy atom. The van der Waals surface area contributed by atoms with Gasteiger partial charge in [0.05, 0.1) is 0 Å². The average Bonchev–Trinajstić information content (AvgIpc) is 2.77. The maximum atomic E-state index is 10.9. The minimum atomic E-state index is -0.591. The Labute approximate surface area is 96.6 Å². The zero-order valence-electron chi connectivity index (χ0n) is 9.08. The normalized spacial score (nSPS) is 10.2. The summed E-state index contributed by atoms with van der Waals surface area (Å²) in [6.45, 7) is 1.80. The third kappa shape index (κ3) is 2.21. The van der Waals surface area contributed by atoms with Crippen molar-refractivity contribution in [3.63, 3.8) is 0 Å². The lowest BCUT2D eigenvalue weighted by molar-refractivity contribution is 0.0995. The van der Waals surface area contributed by atoms with E-state index in [0.29, 0.717) is 5.82 Å². The van der Waals surface area contributed by atoms with E-state index in [0.717, 1.165) is 5.69 Å². The van der Waals surface area contributed by atoms with Crippen molar-refractivity contribution in [3.8, 4) is 5.82 Å². The Hall–Kier alpha value is -2.48. The lowest BCUT2D eigenvalue weighted by Gasteiger charge is -2.04. The highest BCUT2D eigenvalue weighted by Gasteiger charge is 2.08. The van der Waals surface area contributed by atoms with Crippen molar-refractivity contribution in [1.82, 2.24) is 19.7 Å². The molecule has 0 aliphatic rings. The zero-order valence-corrected chi connectivity index (χ0v) is 9.08. The molecule has 2 aromatic heterocycles. The lowest BCUT2D eigenvalue weighted by Crippen LogP contribution is -2.14. The molecule has 0 saturated carbocycles. The van der Waals surface area contributed by atoms with Gasteiger partial charge >= 0.3 is 0 Å². The van der Waals surface area contributed by atoms with Crippen LogP contribution in [0.25, 0.3) is 5.82 Å². The number of carbonyl (C=O) groups excluding carboxylic acids is 1. The maximum absolute atomic E-state index is 10.9. The molecule has 8 heteroatoms. The van der Waals surface area contributed by atoms with Crippen molar-refractivity contribution in [2.75, 3.05) is 5.43 Å². The van der Waals surface area contributed by atoms with Crippen LogP contribution in [0, 0.1) is 6.92 Å². The van der Waals surface area contributed by atoms with Crippen molar-refractivity contribution in [3.05, 3.63) is 29.7 Å². The third-order valence-electron chi connectivity index (χ3n) is 2.05. The summed E-state index contributed by atoms with van der Waals surface area (Å²) in [6.07, 6.45) is 1.59. The van der Waals surface area contributed by atoms with Crippen molar-refractivity contribution >= 4 is 11.9 Å². The molecule has 5 N–H and O–H groups in total. The predicted octanol–water partition coefficient (Wildman–Crippen LogP) is -0.645. The predicted molar refractivity (Wildman–Crippen MR) is 60.2 cm³/mol. The Kier molecular flexibility index (Phi) is 2.71. The highest BCUT2D eigenvalue weighted by atomic mass is 16.1. The number of hydrogen-bond acceptors (Lipinski definition) is 6. The number of hydrazine groups is 1. The van der Waals surface area contributed by atoms with Crippen LogP contribution in [-0.2, 0) is 0 Å². The minimum Gasteiger partial charge on any atom is -0.364 e. The van der Waals surface area contributed by atoms with Gasteiger partial charge in [-0.3, -0.25) is 10.2 Å². The second kappa shape index (κ2) is 4.18. The first-order valence-electron chi connectivity index (χ1n) is 4.78. The van der Waals surface area contributed by atoms with E-state index in [1.165, 1.54) is 10.7 Å². The SMILES string of the molecule is Cc1cc(-n2ccc(C(N)=O)n2)nc(NN)n1. The van der Waals surface area contributed by atoms with Gasteiger partial charge in [-0.15, -0.1) is 0 Å². The molecule has 0 aromatic carbocycles. The summed E-state index contributed by atoms with van der Waals surface area (Å²) in [5.74, 6) is 5.42.